The molecule has 0 amide bonds. The molecule has 1 aromatic carbocycles. The molecule has 90 valence electrons. The highest BCUT2D eigenvalue weighted by molar-refractivity contribution is 5.40. The average molecular weight is 224 g/mol. The maximum absolute atomic E-state index is 9.16. The van der Waals surface area contributed by atoms with Crippen LogP contribution in [0.1, 0.15) is 25.3 Å². The summed E-state index contributed by atoms with van der Waals surface area (Å²) >= 11 is 0. The first-order valence-electron chi connectivity index (χ1n) is 5.46. The summed E-state index contributed by atoms with van der Waals surface area (Å²) in [7, 11) is 3.28. The van der Waals surface area contributed by atoms with Crippen molar-refractivity contribution in [3.8, 4) is 11.5 Å². The lowest BCUT2D eigenvalue weighted by atomic mass is 9.89. The van der Waals surface area contributed by atoms with Gasteiger partial charge in [0.15, 0.2) is 0 Å². The van der Waals surface area contributed by atoms with Crippen LogP contribution in [-0.4, -0.2) is 25.9 Å². The van der Waals surface area contributed by atoms with Crippen molar-refractivity contribution in [2.75, 3.05) is 20.8 Å². The molecule has 3 heteroatoms. The lowest BCUT2D eigenvalue weighted by Crippen LogP contribution is -2.10. The maximum Gasteiger partial charge on any atom is 0.122 e. The minimum Gasteiger partial charge on any atom is -0.497 e. The van der Waals surface area contributed by atoms with E-state index >= 15 is 0 Å². The van der Waals surface area contributed by atoms with Crippen molar-refractivity contribution in [1.29, 1.82) is 0 Å². The molecule has 0 aromatic heterocycles. The fourth-order valence-corrected chi connectivity index (χ4v) is 1.58. The summed E-state index contributed by atoms with van der Waals surface area (Å²) in [6.45, 7) is 4.30. The Labute approximate surface area is 97.0 Å². The van der Waals surface area contributed by atoms with Gasteiger partial charge < -0.3 is 14.6 Å². The normalized spacial score (nSPS) is 14.3. The van der Waals surface area contributed by atoms with E-state index < -0.39 is 0 Å². The fraction of sp³-hybridized carbons (Fsp3) is 0.538. The Morgan fingerprint density at radius 1 is 1.06 bits per heavy atom. The fourth-order valence-electron chi connectivity index (χ4n) is 1.58. The molecule has 0 saturated heterocycles. The molecule has 0 fully saturated rings. The molecule has 0 heterocycles. The Hall–Kier alpha value is -1.22. The van der Waals surface area contributed by atoms with Crippen LogP contribution in [0.15, 0.2) is 18.2 Å². The summed E-state index contributed by atoms with van der Waals surface area (Å²) in [5, 5.41) is 9.16. The Bertz CT molecular complexity index is 314. The van der Waals surface area contributed by atoms with Gasteiger partial charge in [0.2, 0.25) is 0 Å². The van der Waals surface area contributed by atoms with Crippen LogP contribution in [0, 0.1) is 5.92 Å². The predicted octanol–water partition coefficient (Wildman–Crippen LogP) is 2.44. The summed E-state index contributed by atoms with van der Waals surface area (Å²) in [5.41, 5.74) is 1.12. The second-order valence-corrected chi connectivity index (χ2v) is 4.09. The van der Waals surface area contributed by atoms with E-state index in [4.69, 9.17) is 14.6 Å². The van der Waals surface area contributed by atoms with Crippen LogP contribution >= 0.6 is 0 Å². The zero-order chi connectivity index (χ0) is 12.1. The van der Waals surface area contributed by atoms with Crippen molar-refractivity contribution >= 4 is 0 Å². The zero-order valence-corrected chi connectivity index (χ0v) is 10.4. The Balaban J connectivity index is 3.02. The van der Waals surface area contributed by atoms with Gasteiger partial charge in [0, 0.05) is 12.7 Å². The Morgan fingerprint density at radius 2 is 1.56 bits per heavy atom. The molecule has 0 aliphatic rings. The van der Waals surface area contributed by atoms with Crippen LogP contribution in [0.2, 0.25) is 0 Å². The highest BCUT2D eigenvalue weighted by Gasteiger charge is 2.15. The number of rotatable bonds is 5. The molecule has 16 heavy (non-hydrogen) atoms. The first kappa shape index (κ1) is 12.8. The van der Waals surface area contributed by atoms with Crippen LogP contribution in [0.4, 0.5) is 0 Å². The van der Waals surface area contributed by atoms with Crippen molar-refractivity contribution in [3.63, 3.8) is 0 Å². The maximum atomic E-state index is 9.16. The zero-order valence-electron chi connectivity index (χ0n) is 10.4. The van der Waals surface area contributed by atoms with Crippen LogP contribution in [0.3, 0.4) is 0 Å². The molecule has 0 spiro atoms. The predicted molar refractivity (Wildman–Crippen MR) is 64.2 cm³/mol. The van der Waals surface area contributed by atoms with Crippen molar-refractivity contribution in [2.24, 2.45) is 5.92 Å². The van der Waals surface area contributed by atoms with Crippen molar-refractivity contribution in [2.45, 2.75) is 19.8 Å². The third-order valence-corrected chi connectivity index (χ3v) is 3.04. The molecule has 1 rings (SSSR count). The van der Waals surface area contributed by atoms with Crippen molar-refractivity contribution in [3.05, 3.63) is 23.8 Å². The van der Waals surface area contributed by atoms with Gasteiger partial charge in [0.05, 0.1) is 14.2 Å². The van der Waals surface area contributed by atoms with Gasteiger partial charge in [0.25, 0.3) is 0 Å². The molecule has 0 bridgehead atoms. The van der Waals surface area contributed by atoms with Gasteiger partial charge in [-0.25, -0.2) is 0 Å². The van der Waals surface area contributed by atoms with E-state index in [-0.39, 0.29) is 18.4 Å². The van der Waals surface area contributed by atoms with Crippen LogP contribution in [0.5, 0.6) is 11.5 Å². The van der Waals surface area contributed by atoms with Gasteiger partial charge in [-0.2, -0.15) is 0 Å². The first-order chi connectivity index (χ1) is 7.62. The molecule has 3 nitrogen and oxygen atoms in total. The van der Waals surface area contributed by atoms with Crippen LogP contribution in [-0.2, 0) is 0 Å². The second kappa shape index (κ2) is 5.75. The van der Waals surface area contributed by atoms with Gasteiger partial charge in [-0.1, -0.05) is 13.8 Å². The molecule has 2 atom stereocenters. The Morgan fingerprint density at radius 3 is 1.94 bits per heavy atom. The summed E-state index contributed by atoms with van der Waals surface area (Å²) in [6.07, 6.45) is 0. The number of aliphatic hydroxyl groups is 1. The van der Waals surface area contributed by atoms with Crippen molar-refractivity contribution < 1.29 is 14.6 Å². The average Bonchev–Trinajstić information content (AvgIpc) is 2.35. The van der Waals surface area contributed by atoms with E-state index in [0.29, 0.717) is 0 Å². The SMILES string of the molecule is COc1cc(OC)cc([C@@H](C)[C@H](C)CO)c1. The smallest absolute Gasteiger partial charge is 0.122 e. The number of methoxy groups -OCH3 is 2. The molecule has 0 saturated carbocycles. The minimum atomic E-state index is 0.181. The molecular formula is C13H20O3. The monoisotopic (exact) mass is 224 g/mol. The molecular weight excluding hydrogens is 204 g/mol. The van der Waals surface area contributed by atoms with E-state index in [2.05, 4.69) is 6.92 Å². The van der Waals surface area contributed by atoms with Gasteiger partial charge in [-0.3, -0.25) is 0 Å². The van der Waals surface area contributed by atoms with E-state index in [1.54, 1.807) is 14.2 Å². The first-order valence-corrected chi connectivity index (χ1v) is 5.46. The summed E-state index contributed by atoms with van der Waals surface area (Å²) in [4.78, 5) is 0. The van der Waals surface area contributed by atoms with Gasteiger partial charge in [0.1, 0.15) is 11.5 Å². The van der Waals surface area contributed by atoms with Crippen molar-refractivity contribution in [1.82, 2.24) is 0 Å². The van der Waals surface area contributed by atoms with Gasteiger partial charge in [-0.15, -0.1) is 0 Å². The van der Waals surface area contributed by atoms with E-state index in [9.17, 15) is 0 Å². The molecule has 0 aliphatic carbocycles. The third kappa shape index (κ3) is 2.89. The summed E-state index contributed by atoms with van der Waals surface area (Å²) in [5.74, 6) is 2.06. The minimum absolute atomic E-state index is 0.181. The number of ether oxygens (including phenoxy) is 2. The topological polar surface area (TPSA) is 38.7 Å². The molecule has 0 radical (unpaired) electrons. The number of aliphatic hydroxyl groups excluding tert-OH is 1. The summed E-state index contributed by atoms with van der Waals surface area (Å²) < 4.78 is 10.4. The van der Waals surface area contributed by atoms with E-state index in [1.165, 1.54) is 0 Å². The highest BCUT2D eigenvalue weighted by atomic mass is 16.5. The number of hydrogen-bond donors (Lipinski definition) is 1. The van der Waals surface area contributed by atoms with Gasteiger partial charge in [-0.05, 0) is 29.5 Å². The molecule has 0 unspecified atom stereocenters. The molecule has 0 aliphatic heterocycles. The standard InChI is InChI=1S/C13H20O3/c1-9(8-14)10(2)11-5-12(15-3)7-13(6-11)16-4/h5-7,9-10,14H,8H2,1-4H3/t9-,10+/m1/s1. The Kier molecular flexibility index (Phi) is 4.62. The largest absolute Gasteiger partial charge is 0.497 e. The molecule has 1 N–H and O–H groups in total. The lowest BCUT2D eigenvalue weighted by Gasteiger charge is -2.19. The van der Waals surface area contributed by atoms with E-state index in [1.807, 2.05) is 25.1 Å². The van der Waals surface area contributed by atoms with E-state index in [0.717, 1.165) is 17.1 Å². The van der Waals surface area contributed by atoms with Crippen LogP contribution < -0.4 is 9.47 Å². The second-order valence-electron chi connectivity index (χ2n) is 4.09. The lowest BCUT2D eigenvalue weighted by molar-refractivity contribution is 0.220. The van der Waals surface area contributed by atoms with Gasteiger partial charge >= 0.3 is 0 Å². The quantitative estimate of drug-likeness (QED) is 0.835. The molecule has 1 aromatic rings. The summed E-state index contributed by atoms with van der Waals surface area (Å²) in [6, 6.07) is 5.82. The number of hydrogen-bond acceptors (Lipinski definition) is 3. The van der Waals surface area contributed by atoms with Crippen LogP contribution in [0.25, 0.3) is 0 Å². The number of benzene rings is 1. The highest BCUT2D eigenvalue weighted by Crippen LogP contribution is 2.30. The third-order valence-electron chi connectivity index (χ3n) is 3.04.